The molecule has 0 radical (unpaired) electrons. The number of amides is 1. The number of hydrogen-bond acceptors (Lipinski definition) is 4. The summed E-state index contributed by atoms with van der Waals surface area (Å²) >= 11 is 0. The van der Waals surface area contributed by atoms with Crippen molar-refractivity contribution in [2.45, 2.75) is 44.2 Å². The van der Waals surface area contributed by atoms with E-state index in [0.29, 0.717) is 25.5 Å². The summed E-state index contributed by atoms with van der Waals surface area (Å²) in [6, 6.07) is 9.16. The molecule has 6 heteroatoms. The Labute approximate surface area is 148 Å². The molecule has 3 rings (SSSR count). The van der Waals surface area contributed by atoms with Gasteiger partial charge in [0.2, 0.25) is 5.91 Å². The fourth-order valence-electron chi connectivity index (χ4n) is 4.12. The molecule has 1 aliphatic heterocycles. The largest absolute Gasteiger partial charge is 0.492 e. The third kappa shape index (κ3) is 4.51. The monoisotopic (exact) mass is 346 g/mol. The molecule has 2 N–H and O–H groups in total. The van der Waals surface area contributed by atoms with Crippen molar-refractivity contribution in [2.75, 3.05) is 19.7 Å². The SMILES string of the molecule is O=C(CN1[C@@H]2CCCC[C@@H]2C[C@H]1C(=O)O)NCCOc1ccccc1. The highest BCUT2D eigenvalue weighted by atomic mass is 16.5. The highest BCUT2D eigenvalue weighted by Crippen LogP contribution is 2.39. The number of aliphatic carboxylic acids is 1. The summed E-state index contributed by atoms with van der Waals surface area (Å²) in [5, 5.41) is 12.3. The number of nitrogens with zero attached hydrogens (tertiary/aromatic N) is 1. The number of carboxylic acids is 1. The number of carboxylic acid groups (broad SMARTS) is 1. The average molecular weight is 346 g/mol. The normalized spacial score (nSPS) is 26.0. The summed E-state index contributed by atoms with van der Waals surface area (Å²) in [5.41, 5.74) is 0. The molecule has 25 heavy (non-hydrogen) atoms. The maximum Gasteiger partial charge on any atom is 0.320 e. The Morgan fingerprint density at radius 1 is 1.20 bits per heavy atom. The van der Waals surface area contributed by atoms with Crippen molar-refractivity contribution in [3.63, 3.8) is 0 Å². The van der Waals surface area contributed by atoms with Crippen LogP contribution in [0.5, 0.6) is 5.75 Å². The number of carbonyl (C=O) groups is 2. The first-order chi connectivity index (χ1) is 12.1. The standard InChI is InChI=1S/C19H26N2O4/c22-18(20-10-11-25-15-7-2-1-3-8-15)13-21-16-9-5-4-6-14(16)12-17(21)19(23)24/h1-3,7-8,14,16-17H,4-6,9-13H2,(H,20,22)(H,23,24)/t14-,16-,17+/m1/s1. The first-order valence-electron chi connectivity index (χ1n) is 9.08. The highest BCUT2D eigenvalue weighted by molar-refractivity contribution is 5.80. The van der Waals surface area contributed by atoms with Crippen LogP contribution in [0.1, 0.15) is 32.1 Å². The zero-order valence-corrected chi connectivity index (χ0v) is 14.4. The Morgan fingerprint density at radius 2 is 1.96 bits per heavy atom. The third-order valence-electron chi connectivity index (χ3n) is 5.27. The molecule has 6 nitrogen and oxygen atoms in total. The van der Waals surface area contributed by atoms with E-state index in [1.54, 1.807) is 0 Å². The molecular weight excluding hydrogens is 320 g/mol. The maximum absolute atomic E-state index is 12.3. The molecule has 1 aromatic rings. The van der Waals surface area contributed by atoms with Gasteiger partial charge >= 0.3 is 5.97 Å². The molecule has 0 spiro atoms. The zero-order chi connectivity index (χ0) is 17.6. The maximum atomic E-state index is 12.3. The minimum atomic E-state index is -0.811. The van der Waals surface area contributed by atoms with Crippen LogP contribution in [-0.2, 0) is 9.59 Å². The minimum Gasteiger partial charge on any atom is -0.492 e. The lowest BCUT2D eigenvalue weighted by Crippen LogP contribution is -2.48. The van der Waals surface area contributed by atoms with E-state index in [2.05, 4.69) is 5.32 Å². The van der Waals surface area contributed by atoms with Crippen LogP contribution in [0.25, 0.3) is 0 Å². The number of ether oxygens (including phenoxy) is 1. The van der Waals surface area contributed by atoms with E-state index in [1.165, 1.54) is 6.42 Å². The van der Waals surface area contributed by atoms with Gasteiger partial charge in [0, 0.05) is 6.04 Å². The second-order valence-electron chi connectivity index (χ2n) is 6.89. The number of fused-ring (bicyclic) bond motifs is 1. The molecule has 136 valence electrons. The van der Waals surface area contributed by atoms with Crippen LogP contribution in [0.15, 0.2) is 30.3 Å². The van der Waals surface area contributed by atoms with Crippen molar-refractivity contribution in [3.05, 3.63) is 30.3 Å². The Bertz CT molecular complexity index is 592. The van der Waals surface area contributed by atoms with Crippen LogP contribution < -0.4 is 10.1 Å². The van der Waals surface area contributed by atoms with E-state index in [-0.39, 0.29) is 18.5 Å². The van der Waals surface area contributed by atoms with Gasteiger partial charge in [-0.1, -0.05) is 31.0 Å². The van der Waals surface area contributed by atoms with E-state index in [9.17, 15) is 14.7 Å². The summed E-state index contributed by atoms with van der Waals surface area (Å²) in [6.07, 6.45) is 5.04. The van der Waals surface area contributed by atoms with Crippen molar-refractivity contribution < 1.29 is 19.4 Å². The van der Waals surface area contributed by atoms with Crippen molar-refractivity contribution in [1.82, 2.24) is 10.2 Å². The van der Waals surface area contributed by atoms with Crippen molar-refractivity contribution in [2.24, 2.45) is 5.92 Å². The van der Waals surface area contributed by atoms with Gasteiger partial charge in [-0.05, 0) is 37.3 Å². The van der Waals surface area contributed by atoms with Gasteiger partial charge in [-0.25, -0.2) is 0 Å². The summed E-state index contributed by atoms with van der Waals surface area (Å²) < 4.78 is 5.55. The van der Waals surface area contributed by atoms with E-state index < -0.39 is 12.0 Å². The molecule has 1 amide bonds. The van der Waals surface area contributed by atoms with Crippen molar-refractivity contribution >= 4 is 11.9 Å². The first kappa shape index (κ1) is 17.7. The molecule has 1 aromatic carbocycles. The number of likely N-dealkylation sites (tertiary alicyclic amines) is 1. The summed E-state index contributed by atoms with van der Waals surface area (Å²) in [6.45, 7) is 0.959. The number of nitrogens with one attached hydrogen (secondary N) is 1. The van der Waals surface area contributed by atoms with Crippen LogP contribution in [0.2, 0.25) is 0 Å². The van der Waals surface area contributed by atoms with E-state index in [4.69, 9.17) is 4.74 Å². The van der Waals surface area contributed by atoms with E-state index >= 15 is 0 Å². The molecule has 0 bridgehead atoms. The van der Waals surface area contributed by atoms with Crippen LogP contribution in [-0.4, -0.2) is 53.7 Å². The molecule has 1 heterocycles. The lowest BCUT2D eigenvalue weighted by atomic mass is 9.85. The molecule has 0 unspecified atom stereocenters. The third-order valence-corrected chi connectivity index (χ3v) is 5.27. The smallest absolute Gasteiger partial charge is 0.320 e. The van der Waals surface area contributed by atoms with Gasteiger partial charge < -0.3 is 15.2 Å². The lowest BCUT2D eigenvalue weighted by Gasteiger charge is -2.32. The van der Waals surface area contributed by atoms with Crippen molar-refractivity contribution in [1.29, 1.82) is 0 Å². The molecule has 3 atom stereocenters. The van der Waals surface area contributed by atoms with Gasteiger partial charge in [0.15, 0.2) is 0 Å². The van der Waals surface area contributed by atoms with Gasteiger partial charge in [0.25, 0.3) is 0 Å². The van der Waals surface area contributed by atoms with E-state index in [1.807, 2.05) is 35.2 Å². The average Bonchev–Trinajstić information content (AvgIpc) is 2.99. The van der Waals surface area contributed by atoms with E-state index in [0.717, 1.165) is 25.0 Å². The first-order valence-corrected chi connectivity index (χ1v) is 9.08. The summed E-state index contributed by atoms with van der Waals surface area (Å²) in [7, 11) is 0. The Hall–Kier alpha value is -2.08. The predicted molar refractivity (Wildman–Crippen MR) is 93.4 cm³/mol. The quantitative estimate of drug-likeness (QED) is 0.737. The number of hydrogen-bond donors (Lipinski definition) is 2. The summed E-state index contributed by atoms with van der Waals surface area (Å²) in [5.74, 6) is 0.250. The molecule has 2 aliphatic rings. The van der Waals surface area contributed by atoms with Crippen LogP contribution >= 0.6 is 0 Å². The molecular formula is C19H26N2O4. The second kappa shape index (κ2) is 8.34. The Balaban J connectivity index is 1.46. The van der Waals surface area contributed by atoms with Crippen LogP contribution in [0.4, 0.5) is 0 Å². The van der Waals surface area contributed by atoms with Gasteiger partial charge in [-0.2, -0.15) is 0 Å². The van der Waals surface area contributed by atoms with Crippen molar-refractivity contribution in [3.8, 4) is 5.75 Å². The lowest BCUT2D eigenvalue weighted by molar-refractivity contribution is -0.143. The fraction of sp³-hybridized carbons (Fsp3) is 0.579. The van der Waals surface area contributed by atoms with Gasteiger partial charge in [-0.15, -0.1) is 0 Å². The Kier molecular flexibility index (Phi) is 5.91. The van der Waals surface area contributed by atoms with Gasteiger partial charge in [0.05, 0.1) is 13.1 Å². The predicted octanol–water partition coefficient (Wildman–Crippen LogP) is 1.90. The number of para-hydroxylation sites is 1. The molecule has 1 aliphatic carbocycles. The van der Waals surface area contributed by atoms with Crippen LogP contribution in [0, 0.1) is 5.92 Å². The topological polar surface area (TPSA) is 78.9 Å². The number of rotatable bonds is 7. The number of benzene rings is 1. The molecule has 1 saturated carbocycles. The second-order valence-corrected chi connectivity index (χ2v) is 6.89. The van der Waals surface area contributed by atoms with Crippen LogP contribution in [0.3, 0.4) is 0 Å². The fourth-order valence-corrected chi connectivity index (χ4v) is 4.12. The molecule has 0 aromatic heterocycles. The highest BCUT2D eigenvalue weighted by Gasteiger charge is 2.45. The number of carbonyl (C=O) groups excluding carboxylic acids is 1. The summed E-state index contributed by atoms with van der Waals surface area (Å²) in [4.78, 5) is 25.7. The molecule has 2 fully saturated rings. The zero-order valence-electron chi connectivity index (χ0n) is 14.4. The van der Waals surface area contributed by atoms with Gasteiger partial charge in [0.1, 0.15) is 18.4 Å². The molecule has 1 saturated heterocycles. The Morgan fingerprint density at radius 3 is 2.72 bits per heavy atom. The van der Waals surface area contributed by atoms with Gasteiger partial charge in [-0.3, -0.25) is 14.5 Å². The minimum absolute atomic E-state index is 0.130.